The first-order valence-electron chi connectivity index (χ1n) is 13.8. The van der Waals surface area contributed by atoms with Gasteiger partial charge in [-0.05, 0) is 57.0 Å². The predicted molar refractivity (Wildman–Crippen MR) is 155 cm³/mol. The van der Waals surface area contributed by atoms with Crippen LogP contribution < -0.4 is 10.3 Å². The normalized spacial score (nSPS) is 19.2. The van der Waals surface area contributed by atoms with E-state index in [1.54, 1.807) is 41.9 Å². The molecule has 2 heterocycles. The third-order valence-corrected chi connectivity index (χ3v) is 10.3. The van der Waals surface area contributed by atoms with E-state index >= 15 is 0 Å². The van der Waals surface area contributed by atoms with Crippen LogP contribution in [0.5, 0.6) is 0 Å². The highest BCUT2D eigenvalue weighted by atomic mass is 32.2. The summed E-state index contributed by atoms with van der Waals surface area (Å²) in [6.07, 6.45) is 6.44. The molecule has 2 aromatic carbocycles. The van der Waals surface area contributed by atoms with Gasteiger partial charge in [0.05, 0.1) is 10.4 Å². The molecule has 8 nitrogen and oxygen atoms in total. The van der Waals surface area contributed by atoms with Crippen molar-refractivity contribution in [2.24, 2.45) is 7.05 Å². The van der Waals surface area contributed by atoms with Crippen LogP contribution in [-0.4, -0.2) is 66.9 Å². The highest BCUT2D eigenvalue weighted by molar-refractivity contribution is 7.89. The van der Waals surface area contributed by atoms with Gasteiger partial charge < -0.3 is 14.4 Å². The van der Waals surface area contributed by atoms with Crippen molar-refractivity contribution >= 4 is 32.5 Å². The molecule has 1 aliphatic carbocycles. The number of nitrogens with zero attached hydrogens (tertiary/aromatic N) is 4. The summed E-state index contributed by atoms with van der Waals surface area (Å²) in [7, 11) is -0.365. The van der Waals surface area contributed by atoms with Crippen molar-refractivity contribution < 1.29 is 13.2 Å². The van der Waals surface area contributed by atoms with Crippen LogP contribution in [0.2, 0.25) is 0 Å². The Morgan fingerprint density at radius 2 is 1.69 bits per heavy atom. The lowest BCUT2D eigenvalue weighted by Crippen LogP contribution is -2.54. The van der Waals surface area contributed by atoms with Gasteiger partial charge in [-0.2, -0.15) is 4.31 Å². The molecule has 1 aromatic heterocycles. The van der Waals surface area contributed by atoms with Crippen LogP contribution in [0, 0.1) is 6.92 Å². The maximum atomic E-state index is 13.6. The third kappa shape index (κ3) is 5.22. The minimum absolute atomic E-state index is 0.0317. The maximum absolute atomic E-state index is 13.6. The summed E-state index contributed by atoms with van der Waals surface area (Å²) in [5.41, 5.74) is 2.54. The van der Waals surface area contributed by atoms with E-state index in [0.717, 1.165) is 37.8 Å². The average Bonchev–Trinajstić information content (AvgIpc) is 2.95. The summed E-state index contributed by atoms with van der Waals surface area (Å²) in [6.45, 7) is 5.80. The zero-order chi connectivity index (χ0) is 27.9. The molecule has 9 heteroatoms. The van der Waals surface area contributed by atoms with Crippen molar-refractivity contribution in [1.29, 1.82) is 0 Å². The number of aromatic nitrogens is 1. The van der Waals surface area contributed by atoms with Crippen molar-refractivity contribution in [2.45, 2.75) is 62.9 Å². The standard InChI is InChI=1S/C30H38N4O4S/c1-21-10-12-24(13-11-21)34-17-16-33(19-22(34)2)30(36)27-20-31(3)28-15-14-25(18-26(28)29(27)35)39(37,38)32(4)23-8-6-5-7-9-23/h10-15,18,20,22-23H,5-9,16-17,19H2,1-4H3/t22-/m1/s1. The largest absolute Gasteiger partial charge is 0.365 e. The molecule has 39 heavy (non-hydrogen) atoms. The molecule has 1 amide bonds. The molecule has 0 spiro atoms. The summed E-state index contributed by atoms with van der Waals surface area (Å²) < 4.78 is 30.1. The molecule has 1 atom stereocenters. The number of sulfonamides is 1. The minimum atomic E-state index is -3.77. The number of rotatable bonds is 5. The molecule has 2 fully saturated rings. The molecule has 3 aromatic rings. The van der Waals surface area contributed by atoms with E-state index in [-0.39, 0.29) is 33.8 Å². The first kappa shape index (κ1) is 27.4. The second kappa shape index (κ2) is 10.8. The highest BCUT2D eigenvalue weighted by Gasteiger charge is 2.31. The Labute approximate surface area is 230 Å². The molecule has 1 aliphatic heterocycles. The van der Waals surface area contributed by atoms with Crippen molar-refractivity contribution in [3.8, 4) is 0 Å². The van der Waals surface area contributed by atoms with Gasteiger partial charge in [-0.3, -0.25) is 9.59 Å². The number of pyridine rings is 1. The van der Waals surface area contributed by atoms with E-state index in [1.165, 1.54) is 15.9 Å². The average molecular weight is 551 g/mol. The number of carbonyl (C=O) groups excluding carboxylic acids is 1. The zero-order valence-electron chi connectivity index (χ0n) is 23.3. The van der Waals surface area contributed by atoms with Crippen molar-refractivity contribution in [3.05, 3.63) is 70.0 Å². The van der Waals surface area contributed by atoms with Crippen molar-refractivity contribution in [3.63, 3.8) is 0 Å². The van der Waals surface area contributed by atoms with Gasteiger partial charge in [0.2, 0.25) is 15.5 Å². The van der Waals surface area contributed by atoms with Crippen LogP contribution in [0.15, 0.2) is 58.4 Å². The first-order valence-corrected chi connectivity index (χ1v) is 15.3. The Hall–Kier alpha value is -3.17. The van der Waals surface area contributed by atoms with Gasteiger partial charge in [-0.15, -0.1) is 0 Å². The molecular formula is C30H38N4O4S. The first-order chi connectivity index (χ1) is 18.6. The zero-order valence-corrected chi connectivity index (χ0v) is 24.1. The summed E-state index contributed by atoms with van der Waals surface area (Å²) in [4.78, 5) is 31.3. The van der Waals surface area contributed by atoms with Gasteiger partial charge >= 0.3 is 0 Å². The Balaban J connectivity index is 1.42. The van der Waals surface area contributed by atoms with Crippen LogP contribution in [-0.2, 0) is 17.1 Å². The minimum Gasteiger partial charge on any atom is -0.365 e. The van der Waals surface area contributed by atoms with E-state index in [2.05, 4.69) is 43.0 Å². The van der Waals surface area contributed by atoms with E-state index in [4.69, 9.17) is 0 Å². The number of carbonyl (C=O) groups is 1. The third-order valence-electron chi connectivity index (χ3n) is 8.44. The Kier molecular flexibility index (Phi) is 7.57. The lowest BCUT2D eigenvalue weighted by molar-refractivity contribution is 0.0724. The number of amides is 1. The van der Waals surface area contributed by atoms with Gasteiger partial charge in [0.1, 0.15) is 5.56 Å². The van der Waals surface area contributed by atoms with Gasteiger partial charge in [-0.25, -0.2) is 8.42 Å². The van der Waals surface area contributed by atoms with Crippen LogP contribution in [0.25, 0.3) is 10.9 Å². The van der Waals surface area contributed by atoms with Crippen LogP contribution in [0.4, 0.5) is 5.69 Å². The van der Waals surface area contributed by atoms with Crippen LogP contribution in [0.1, 0.15) is 54.9 Å². The Morgan fingerprint density at radius 3 is 2.36 bits per heavy atom. The Bertz CT molecular complexity index is 1540. The second-order valence-electron chi connectivity index (χ2n) is 11.1. The SMILES string of the molecule is Cc1ccc(N2CCN(C(=O)c3cn(C)c4ccc(S(=O)(=O)N(C)C5CCCCC5)cc4c3=O)C[C@H]2C)cc1. The molecule has 0 N–H and O–H groups in total. The van der Waals surface area contributed by atoms with Crippen molar-refractivity contribution in [2.75, 3.05) is 31.6 Å². The summed E-state index contributed by atoms with van der Waals surface area (Å²) >= 11 is 0. The molecule has 1 saturated carbocycles. The quantitative estimate of drug-likeness (QED) is 0.477. The fourth-order valence-corrected chi connectivity index (χ4v) is 7.47. The smallest absolute Gasteiger partial charge is 0.259 e. The van der Waals surface area contributed by atoms with E-state index in [1.807, 2.05) is 0 Å². The second-order valence-corrected chi connectivity index (χ2v) is 13.1. The highest BCUT2D eigenvalue weighted by Crippen LogP contribution is 2.28. The van der Waals surface area contributed by atoms with Crippen LogP contribution in [0.3, 0.4) is 0 Å². The van der Waals surface area contributed by atoms with E-state index < -0.39 is 15.5 Å². The van der Waals surface area contributed by atoms with Gasteiger partial charge in [0.15, 0.2) is 0 Å². The molecule has 208 valence electrons. The summed E-state index contributed by atoms with van der Waals surface area (Å²) in [6, 6.07) is 13.1. The molecular weight excluding hydrogens is 512 g/mol. The van der Waals surface area contributed by atoms with E-state index in [9.17, 15) is 18.0 Å². The van der Waals surface area contributed by atoms with Crippen molar-refractivity contribution in [1.82, 2.24) is 13.8 Å². The molecule has 5 rings (SSSR count). The molecule has 0 bridgehead atoms. The molecule has 0 radical (unpaired) electrons. The van der Waals surface area contributed by atoms with Gasteiger partial charge in [0.25, 0.3) is 5.91 Å². The number of hydrogen-bond acceptors (Lipinski definition) is 5. The fourth-order valence-electron chi connectivity index (χ4n) is 6.02. The number of aryl methyl sites for hydroxylation is 2. The lowest BCUT2D eigenvalue weighted by Gasteiger charge is -2.41. The monoisotopic (exact) mass is 550 g/mol. The van der Waals surface area contributed by atoms with Gasteiger partial charge in [-0.1, -0.05) is 37.0 Å². The molecule has 1 saturated heterocycles. The maximum Gasteiger partial charge on any atom is 0.259 e. The summed E-state index contributed by atoms with van der Waals surface area (Å²) in [5, 5.41) is 0.243. The Morgan fingerprint density at radius 1 is 1.00 bits per heavy atom. The fraction of sp³-hybridized carbons (Fsp3) is 0.467. The number of benzene rings is 2. The van der Waals surface area contributed by atoms with Crippen LogP contribution >= 0.6 is 0 Å². The van der Waals surface area contributed by atoms with E-state index in [0.29, 0.717) is 25.2 Å². The lowest BCUT2D eigenvalue weighted by atomic mass is 9.96. The molecule has 2 aliphatic rings. The molecule has 0 unspecified atom stereocenters. The van der Waals surface area contributed by atoms with Gasteiger partial charge in [0, 0.05) is 63.1 Å². The summed E-state index contributed by atoms with van der Waals surface area (Å²) in [5.74, 6) is -0.319. The number of anilines is 1. The number of fused-ring (bicyclic) bond motifs is 1. The number of hydrogen-bond donors (Lipinski definition) is 0. The topological polar surface area (TPSA) is 82.9 Å². The number of piperazine rings is 1. The predicted octanol–water partition coefficient (Wildman–Crippen LogP) is 4.15.